The third-order valence-electron chi connectivity index (χ3n) is 1.59. The summed E-state index contributed by atoms with van der Waals surface area (Å²) in [6.45, 7) is -0.312. The van der Waals surface area contributed by atoms with Crippen molar-refractivity contribution in [1.29, 1.82) is 0 Å². The summed E-state index contributed by atoms with van der Waals surface area (Å²) < 4.78 is 25.2. The van der Waals surface area contributed by atoms with E-state index >= 15 is 0 Å². The van der Waals surface area contributed by atoms with Crippen LogP contribution in [0.1, 0.15) is 5.56 Å². The van der Waals surface area contributed by atoms with Crippen molar-refractivity contribution < 1.29 is 13.9 Å². The largest absolute Gasteiger partial charge is 0.392 e. The van der Waals surface area contributed by atoms with Crippen LogP contribution in [0.25, 0.3) is 0 Å². The first kappa shape index (κ1) is 8.93. The highest BCUT2D eigenvalue weighted by Crippen LogP contribution is 2.19. The SMILES string of the molecule is CNc1cc(F)c(F)cc1CO. The Morgan fingerprint density at radius 3 is 2.42 bits per heavy atom. The van der Waals surface area contributed by atoms with Crippen molar-refractivity contribution in [2.45, 2.75) is 6.61 Å². The van der Waals surface area contributed by atoms with Gasteiger partial charge in [-0.3, -0.25) is 0 Å². The number of aliphatic hydroxyl groups is 1. The fourth-order valence-electron chi connectivity index (χ4n) is 0.952. The number of hydrogen-bond acceptors (Lipinski definition) is 2. The predicted molar refractivity (Wildman–Crippen MR) is 41.8 cm³/mol. The first-order valence-corrected chi connectivity index (χ1v) is 3.45. The van der Waals surface area contributed by atoms with Crippen molar-refractivity contribution in [3.8, 4) is 0 Å². The summed E-state index contributed by atoms with van der Waals surface area (Å²) in [6, 6.07) is 1.99. The Morgan fingerprint density at radius 2 is 1.92 bits per heavy atom. The number of aliphatic hydroxyl groups excluding tert-OH is 1. The summed E-state index contributed by atoms with van der Waals surface area (Å²) in [6.07, 6.45) is 0. The molecule has 0 fully saturated rings. The molecule has 0 atom stereocenters. The lowest BCUT2D eigenvalue weighted by molar-refractivity contribution is 0.281. The van der Waals surface area contributed by atoms with Crippen molar-refractivity contribution >= 4 is 5.69 Å². The lowest BCUT2D eigenvalue weighted by atomic mass is 10.2. The molecule has 0 aliphatic heterocycles. The first-order chi connectivity index (χ1) is 5.69. The van der Waals surface area contributed by atoms with Gasteiger partial charge >= 0.3 is 0 Å². The van der Waals surface area contributed by atoms with E-state index < -0.39 is 11.6 Å². The van der Waals surface area contributed by atoms with Gasteiger partial charge in [-0.15, -0.1) is 0 Å². The molecule has 0 amide bonds. The summed E-state index contributed by atoms with van der Waals surface area (Å²) in [4.78, 5) is 0. The number of halogens is 2. The second-order valence-electron chi connectivity index (χ2n) is 2.33. The Hall–Kier alpha value is -1.16. The van der Waals surface area contributed by atoms with Gasteiger partial charge in [0.15, 0.2) is 11.6 Å². The third kappa shape index (κ3) is 1.53. The van der Waals surface area contributed by atoms with Gasteiger partial charge in [0.1, 0.15) is 0 Å². The maximum Gasteiger partial charge on any atom is 0.160 e. The average molecular weight is 173 g/mol. The van der Waals surface area contributed by atoms with E-state index in [4.69, 9.17) is 5.11 Å². The summed E-state index contributed by atoms with van der Waals surface area (Å²) in [5.41, 5.74) is 0.743. The van der Waals surface area contributed by atoms with E-state index in [1.807, 2.05) is 0 Å². The molecule has 1 rings (SSSR count). The number of anilines is 1. The Labute approximate surface area is 68.8 Å². The minimum atomic E-state index is -0.946. The third-order valence-corrected chi connectivity index (χ3v) is 1.59. The monoisotopic (exact) mass is 173 g/mol. The van der Waals surface area contributed by atoms with E-state index in [1.54, 1.807) is 7.05 Å². The number of benzene rings is 1. The highest BCUT2D eigenvalue weighted by Gasteiger charge is 2.07. The molecule has 0 aliphatic carbocycles. The Bertz CT molecular complexity index is 260. The van der Waals surface area contributed by atoms with Crippen LogP contribution >= 0.6 is 0 Å². The number of rotatable bonds is 2. The zero-order chi connectivity index (χ0) is 9.14. The maximum absolute atomic E-state index is 12.6. The van der Waals surface area contributed by atoms with E-state index in [0.717, 1.165) is 12.1 Å². The molecule has 0 spiro atoms. The molecule has 12 heavy (non-hydrogen) atoms. The number of hydrogen-bond donors (Lipinski definition) is 2. The highest BCUT2D eigenvalue weighted by atomic mass is 19.2. The molecule has 0 radical (unpaired) electrons. The van der Waals surface area contributed by atoms with Crippen molar-refractivity contribution in [3.63, 3.8) is 0 Å². The summed E-state index contributed by atoms with van der Waals surface area (Å²) in [5, 5.41) is 11.4. The van der Waals surface area contributed by atoms with Gasteiger partial charge in [-0.25, -0.2) is 8.78 Å². The van der Waals surface area contributed by atoms with E-state index in [2.05, 4.69) is 5.32 Å². The van der Waals surface area contributed by atoms with Gasteiger partial charge < -0.3 is 10.4 Å². The van der Waals surface area contributed by atoms with Crippen LogP contribution in [0, 0.1) is 11.6 Å². The minimum absolute atomic E-state index is 0.312. The molecule has 2 nitrogen and oxygen atoms in total. The first-order valence-electron chi connectivity index (χ1n) is 3.45. The van der Waals surface area contributed by atoms with Crippen LogP contribution in [0.15, 0.2) is 12.1 Å². The van der Waals surface area contributed by atoms with E-state index in [-0.39, 0.29) is 6.61 Å². The van der Waals surface area contributed by atoms with E-state index in [0.29, 0.717) is 11.3 Å². The maximum atomic E-state index is 12.6. The summed E-state index contributed by atoms with van der Waals surface area (Å²) in [5.74, 6) is -1.87. The van der Waals surface area contributed by atoms with Gasteiger partial charge in [0.2, 0.25) is 0 Å². The Morgan fingerprint density at radius 1 is 1.33 bits per heavy atom. The predicted octanol–water partition coefficient (Wildman–Crippen LogP) is 1.50. The Kier molecular flexibility index (Phi) is 2.60. The molecule has 0 heterocycles. The fourth-order valence-corrected chi connectivity index (χ4v) is 0.952. The fraction of sp³-hybridized carbons (Fsp3) is 0.250. The van der Waals surface area contributed by atoms with Gasteiger partial charge in [0.25, 0.3) is 0 Å². The van der Waals surface area contributed by atoms with Crippen molar-refractivity contribution in [2.24, 2.45) is 0 Å². The van der Waals surface area contributed by atoms with Gasteiger partial charge in [-0.1, -0.05) is 0 Å². The minimum Gasteiger partial charge on any atom is -0.392 e. The highest BCUT2D eigenvalue weighted by molar-refractivity contribution is 5.50. The Balaban J connectivity index is 3.19. The van der Waals surface area contributed by atoms with Crippen LogP contribution in [-0.2, 0) is 6.61 Å². The van der Waals surface area contributed by atoms with Crippen LogP contribution in [0.5, 0.6) is 0 Å². The molecule has 0 saturated heterocycles. The number of nitrogens with one attached hydrogen (secondary N) is 1. The molecule has 0 saturated carbocycles. The van der Waals surface area contributed by atoms with Gasteiger partial charge in [-0.2, -0.15) is 0 Å². The molecule has 0 aromatic heterocycles. The van der Waals surface area contributed by atoms with E-state index in [1.165, 1.54) is 0 Å². The van der Waals surface area contributed by atoms with Gasteiger partial charge in [-0.05, 0) is 6.07 Å². The van der Waals surface area contributed by atoms with Crippen LogP contribution in [0.3, 0.4) is 0 Å². The van der Waals surface area contributed by atoms with Crippen molar-refractivity contribution in [1.82, 2.24) is 0 Å². The van der Waals surface area contributed by atoms with E-state index in [9.17, 15) is 8.78 Å². The lowest BCUT2D eigenvalue weighted by Gasteiger charge is -2.06. The molecule has 0 aliphatic rings. The van der Waals surface area contributed by atoms with Gasteiger partial charge in [0.05, 0.1) is 6.61 Å². The van der Waals surface area contributed by atoms with Gasteiger partial charge in [0, 0.05) is 24.4 Å². The second kappa shape index (κ2) is 3.49. The zero-order valence-electron chi connectivity index (χ0n) is 6.56. The molecule has 1 aromatic carbocycles. The quantitative estimate of drug-likeness (QED) is 0.710. The molecular weight excluding hydrogens is 164 g/mol. The smallest absolute Gasteiger partial charge is 0.160 e. The molecule has 1 aromatic rings. The van der Waals surface area contributed by atoms with Crippen LogP contribution in [0.2, 0.25) is 0 Å². The normalized spacial score (nSPS) is 10.0. The lowest BCUT2D eigenvalue weighted by Crippen LogP contribution is -1.98. The van der Waals surface area contributed by atoms with Crippen LogP contribution in [0.4, 0.5) is 14.5 Å². The zero-order valence-corrected chi connectivity index (χ0v) is 6.56. The standard InChI is InChI=1S/C8H9F2NO/c1-11-8-3-7(10)6(9)2-5(8)4-12/h2-3,11-12H,4H2,1H3. The van der Waals surface area contributed by atoms with Crippen LogP contribution in [-0.4, -0.2) is 12.2 Å². The molecule has 2 N–H and O–H groups in total. The summed E-state index contributed by atoms with van der Waals surface area (Å²) >= 11 is 0. The van der Waals surface area contributed by atoms with Crippen molar-refractivity contribution in [2.75, 3.05) is 12.4 Å². The van der Waals surface area contributed by atoms with Crippen molar-refractivity contribution in [3.05, 3.63) is 29.3 Å². The van der Waals surface area contributed by atoms with Crippen LogP contribution < -0.4 is 5.32 Å². The second-order valence-corrected chi connectivity index (χ2v) is 2.33. The summed E-state index contributed by atoms with van der Waals surface area (Å²) in [7, 11) is 1.58. The molecular formula is C8H9F2NO. The molecule has 0 bridgehead atoms. The average Bonchev–Trinajstić information content (AvgIpc) is 2.09. The molecule has 66 valence electrons. The molecule has 0 unspecified atom stereocenters. The molecule has 4 heteroatoms. The topological polar surface area (TPSA) is 32.3 Å².